The number of para-hydroxylation sites is 2. The lowest BCUT2D eigenvalue weighted by molar-refractivity contribution is 0.258. The molecule has 2 amide bonds. The Morgan fingerprint density at radius 3 is 2.65 bits per heavy atom. The summed E-state index contributed by atoms with van der Waals surface area (Å²) in [7, 11) is 3.17. The Kier molecular flexibility index (Phi) is 4.10. The van der Waals surface area contributed by atoms with E-state index >= 15 is 0 Å². The number of phenolic OH excluding ortho intramolecular Hbond substituents is 1. The van der Waals surface area contributed by atoms with Crippen LogP contribution in [0.3, 0.4) is 0 Å². The number of hydrogen-bond acceptors (Lipinski definition) is 3. The minimum atomic E-state index is -0.319. The summed E-state index contributed by atoms with van der Waals surface area (Å²) >= 11 is 0. The molecular formula is C15H16N2O3. The van der Waals surface area contributed by atoms with Gasteiger partial charge in [0.25, 0.3) is 0 Å². The van der Waals surface area contributed by atoms with Crippen LogP contribution in [0.15, 0.2) is 48.5 Å². The maximum Gasteiger partial charge on any atom is 0.326 e. The summed E-state index contributed by atoms with van der Waals surface area (Å²) < 4.78 is 5.18. The van der Waals surface area contributed by atoms with Crippen molar-refractivity contribution in [2.45, 2.75) is 0 Å². The average Bonchev–Trinajstić information content (AvgIpc) is 2.47. The molecule has 0 fully saturated rings. The molecule has 0 radical (unpaired) electrons. The lowest BCUT2D eigenvalue weighted by Gasteiger charge is -2.19. The number of nitrogens with zero attached hydrogens (tertiary/aromatic N) is 1. The number of carbonyl (C=O) groups excluding carboxylic acids is 1. The average molecular weight is 272 g/mol. The minimum absolute atomic E-state index is 0.111. The number of nitrogens with one attached hydrogen (secondary N) is 1. The zero-order valence-electron chi connectivity index (χ0n) is 11.3. The topological polar surface area (TPSA) is 61.8 Å². The number of aromatic hydroxyl groups is 1. The van der Waals surface area contributed by atoms with Gasteiger partial charge in [0.05, 0.1) is 12.8 Å². The standard InChI is InChI=1S/C15H16N2O3/c1-17(11-6-5-7-12(18)10-11)15(19)16-13-8-3-4-9-14(13)20-2/h3-10,18H,1-2H3,(H,16,19). The van der Waals surface area contributed by atoms with E-state index < -0.39 is 0 Å². The fourth-order valence-corrected chi connectivity index (χ4v) is 1.77. The molecule has 2 rings (SSSR count). The molecule has 0 saturated heterocycles. The maximum atomic E-state index is 12.2. The van der Waals surface area contributed by atoms with Gasteiger partial charge in [0.15, 0.2) is 0 Å². The maximum absolute atomic E-state index is 12.2. The van der Waals surface area contributed by atoms with Crippen molar-refractivity contribution in [1.82, 2.24) is 0 Å². The van der Waals surface area contributed by atoms with Crippen molar-refractivity contribution in [3.63, 3.8) is 0 Å². The lowest BCUT2D eigenvalue weighted by atomic mass is 10.3. The number of rotatable bonds is 3. The molecule has 20 heavy (non-hydrogen) atoms. The van der Waals surface area contributed by atoms with E-state index in [1.807, 2.05) is 12.1 Å². The van der Waals surface area contributed by atoms with E-state index in [1.54, 1.807) is 44.5 Å². The molecule has 0 aliphatic carbocycles. The Morgan fingerprint density at radius 1 is 1.20 bits per heavy atom. The smallest absolute Gasteiger partial charge is 0.326 e. The van der Waals surface area contributed by atoms with Gasteiger partial charge < -0.3 is 15.2 Å². The van der Waals surface area contributed by atoms with Gasteiger partial charge in [-0.25, -0.2) is 4.79 Å². The van der Waals surface area contributed by atoms with Crippen LogP contribution in [0.2, 0.25) is 0 Å². The molecule has 0 bridgehead atoms. The van der Waals surface area contributed by atoms with Crippen molar-refractivity contribution in [3.05, 3.63) is 48.5 Å². The van der Waals surface area contributed by atoms with Gasteiger partial charge in [0.1, 0.15) is 11.5 Å². The number of amides is 2. The van der Waals surface area contributed by atoms with Gasteiger partial charge in [0, 0.05) is 18.8 Å². The number of carbonyl (C=O) groups is 1. The summed E-state index contributed by atoms with van der Waals surface area (Å²) in [4.78, 5) is 13.6. The number of ether oxygens (including phenoxy) is 1. The van der Waals surface area contributed by atoms with E-state index in [2.05, 4.69) is 5.32 Å². The Labute approximate surface area is 117 Å². The molecule has 104 valence electrons. The second-order valence-corrected chi connectivity index (χ2v) is 4.21. The normalized spacial score (nSPS) is 9.90. The van der Waals surface area contributed by atoms with Crippen molar-refractivity contribution >= 4 is 17.4 Å². The van der Waals surface area contributed by atoms with Gasteiger partial charge in [-0.3, -0.25) is 4.90 Å². The highest BCUT2D eigenvalue weighted by Crippen LogP contribution is 2.24. The molecule has 0 aromatic heterocycles. The van der Waals surface area contributed by atoms with Crippen LogP contribution >= 0.6 is 0 Å². The Morgan fingerprint density at radius 2 is 1.95 bits per heavy atom. The van der Waals surface area contributed by atoms with Crippen molar-refractivity contribution in [1.29, 1.82) is 0 Å². The van der Waals surface area contributed by atoms with Gasteiger partial charge in [-0.1, -0.05) is 18.2 Å². The number of urea groups is 1. The highest BCUT2D eigenvalue weighted by atomic mass is 16.5. The fourth-order valence-electron chi connectivity index (χ4n) is 1.77. The van der Waals surface area contributed by atoms with E-state index in [0.29, 0.717) is 17.1 Å². The van der Waals surface area contributed by atoms with E-state index in [-0.39, 0.29) is 11.8 Å². The highest BCUT2D eigenvalue weighted by molar-refractivity contribution is 6.02. The van der Waals surface area contributed by atoms with Crippen LogP contribution in [0.25, 0.3) is 0 Å². The van der Waals surface area contributed by atoms with Crippen molar-refractivity contribution in [3.8, 4) is 11.5 Å². The lowest BCUT2D eigenvalue weighted by Crippen LogP contribution is -2.31. The first-order chi connectivity index (χ1) is 9.61. The van der Waals surface area contributed by atoms with Crippen molar-refractivity contribution in [2.24, 2.45) is 0 Å². The van der Waals surface area contributed by atoms with Gasteiger partial charge in [0.2, 0.25) is 0 Å². The number of benzene rings is 2. The molecule has 0 atom stereocenters. The van der Waals surface area contributed by atoms with E-state index in [4.69, 9.17) is 4.74 Å². The SMILES string of the molecule is COc1ccccc1NC(=O)N(C)c1cccc(O)c1. The van der Waals surface area contributed by atoms with Crippen LogP contribution in [0, 0.1) is 0 Å². The number of hydrogen-bond donors (Lipinski definition) is 2. The molecule has 0 unspecified atom stereocenters. The van der Waals surface area contributed by atoms with Crippen molar-refractivity contribution in [2.75, 3.05) is 24.4 Å². The molecule has 0 saturated carbocycles. The van der Waals surface area contributed by atoms with E-state index in [1.165, 1.54) is 11.0 Å². The van der Waals surface area contributed by atoms with Crippen LogP contribution in [0.4, 0.5) is 16.2 Å². The largest absolute Gasteiger partial charge is 0.508 e. The first-order valence-electron chi connectivity index (χ1n) is 6.08. The van der Waals surface area contributed by atoms with Gasteiger partial charge in [-0.15, -0.1) is 0 Å². The van der Waals surface area contributed by atoms with Gasteiger partial charge in [-0.2, -0.15) is 0 Å². The summed E-state index contributed by atoms with van der Waals surface area (Å²) in [6.07, 6.45) is 0. The van der Waals surface area contributed by atoms with Crippen LogP contribution < -0.4 is 15.0 Å². The second kappa shape index (κ2) is 5.97. The molecule has 2 aromatic carbocycles. The summed E-state index contributed by atoms with van der Waals surface area (Å²) in [5.74, 6) is 0.699. The second-order valence-electron chi connectivity index (χ2n) is 4.21. The van der Waals surface area contributed by atoms with Crippen LogP contribution in [-0.2, 0) is 0 Å². The van der Waals surface area contributed by atoms with Crippen LogP contribution in [-0.4, -0.2) is 25.3 Å². The summed E-state index contributed by atoms with van der Waals surface area (Å²) in [6.45, 7) is 0. The first-order valence-corrected chi connectivity index (χ1v) is 6.08. The third-order valence-electron chi connectivity index (χ3n) is 2.87. The van der Waals surface area contributed by atoms with E-state index in [9.17, 15) is 9.90 Å². The van der Waals surface area contributed by atoms with Crippen molar-refractivity contribution < 1.29 is 14.6 Å². The van der Waals surface area contributed by atoms with Crippen LogP contribution in [0.5, 0.6) is 11.5 Å². The number of anilines is 2. The van der Waals surface area contributed by atoms with Gasteiger partial charge >= 0.3 is 6.03 Å². The molecular weight excluding hydrogens is 256 g/mol. The Hall–Kier alpha value is -2.69. The summed E-state index contributed by atoms with van der Waals surface area (Å²) in [5.41, 5.74) is 1.18. The third-order valence-corrected chi connectivity index (χ3v) is 2.87. The molecule has 2 aromatic rings. The summed E-state index contributed by atoms with van der Waals surface area (Å²) in [5, 5.41) is 12.2. The minimum Gasteiger partial charge on any atom is -0.508 e. The summed E-state index contributed by atoms with van der Waals surface area (Å²) in [6, 6.07) is 13.3. The molecule has 5 nitrogen and oxygen atoms in total. The molecule has 2 N–H and O–H groups in total. The predicted molar refractivity (Wildman–Crippen MR) is 78.5 cm³/mol. The molecule has 0 aliphatic rings. The predicted octanol–water partition coefficient (Wildman–Crippen LogP) is 3.07. The molecule has 0 heterocycles. The number of phenols is 1. The Bertz CT molecular complexity index is 614. The zero-order valence-corrected chi connectivity index (χ0v) is 11.3. The zero-order chi connectivity index (χ0) is 14.5. The fraction of sp³-hybridized carbons (Fsp3) is 0.133. The monoisotopic (exact) mass is 272 g/mol. The number of methoxy groups -OCH3 is 1. The van der Waals surface area contributed by atoms with E-state index in [0.717, 1.165) is 0 Å². The highest BCUT2D eigenvalue weighted by Gasteiger charge is 2.13. The third kappa shape index (κ3) is 3.00. The molecule has 5 heteroatoms. The van der Waals surface area contributed by atoms with Crippen LogP contribution in [0.1, 0.15) is 0 Å². The Balaban J connectivity index is 2.15. The molecule has 0 spiro atoms. The quantitative estimate of drug-likeness (QED) is 0.902. The molecule has 0 aliphatic heterocycles. The first kappa shape index (κ1) is 13.7. The van der Waals surface area contributed by atoms with Gasteiger partial charge in [-0.05, 0) is 24.3 Å².